The molecule has 2 aliphatic rings. The van der Waals surface area contributed by atoms with Crippen LogP contribution in [-0.4, -0.2) is 47.7 Å². The van der Waals surface area contributed by atoms with Crippen molar-refractivity contribution in [3.8, 4) is 0 Å². The fourth-order valence-electron chi connectivity index (χ4n) is 3.53. The Bertz CT molecular complexity index is 417. The highest BCUT2D eigenvalue weighted by Gasteiger charge is 2.29. The third kappa shape index (κ3) is 7.57. The van der Waals surface area contributed by atoms with E-state index in [0.717, 1.165) is 64.2 Å². The van der Waals surface area contributed by atoms with Gasteiger partial charge in [-0.2, -0.15) is 9.62 Å². The molecule has 0 aliphatic carbocycles. The number of carbonyl (C=O) groups excluding carboxylic acids is 2. The van der Waals surface area contributed by atoms with Crippen molar-refractivity contribution >= 4 is 11.9 Å². The van der Waals surface area contributed by atoms with E-state index in [1.807, 2.05) is 0 Å². The standard InChI is InChI=1S/C18H32N2O6/c21-17(25-19(23)13-7-8-14-19)11-5-3-1-2-4-6-12-18(22)26-20(24)15-9-10-16-20/h1-16H2. The van der Waals surface area contributed by atoms with Gasteiger partial charge in [0.1, 0.15) is 26.2 Å². The van der Waals surface area contributed by atoms with Gasteiger partial charge in [0.25, 0.3) is 0 Å². The van der Waals surface area contributed by atoms with Gasteiger partial charge in [0.2, 0.25) is 0 Å². The molecule has 2 aliphatic heterocycles. The van der Waals surface area contributed by atoms with Crippen molar-refractivity contribution in [1.82, 2.24) is 0 Å². The zero-order chi connectivity index (χ0) is 18.9. The Morgan fingerprint density at radius 2 is 0.923 bits per heavy atom. The first kappa shape index (κ1) is 21.1. The van der Waals surface area contributed by atoms with Gasteiger partial charge in [-0.1, -0.05) is 25.7 Å². The zero-order valence-electron chi connectivity index (χ0n) is 15.7. The molecular weight excluding hydrogens is 340 g/mol. The lowest BCUT2D eigenvalue weighted by Crippen LogP contribution is -2.40. The summed E-state index contributed by atoms with van der Waals surface area (Å²) in [5.41, 5.74) is 0. The minimum Gasteiger partial charge on any atom is -0.589 e. The van der Waals surface area contributed by atoms with Crippen molar-refractivity contribution in [1.29, 1.82) is 0 Å². The monoisotopic (exact) mass is 372 g/mol. The maximum atomic E-state index is 11.9. The van der Waals surface area contributed by atoms with Crippen LogP contribution >= 0.6 is 0 Å². The van der Waals surface area contributed by atoms with E-state index < -0.39 is 21.6 Å². The third-order valence-electron chi connectivity index (χ3n) is 5.04. The summed E-state index contributed by atoms with van der Waals surface area (Å²) < 4.78 is 0. The van der Waals surface area contributed by atoms with Crippen molar-refractivity contribution in [3.05, 3.63) is 10.4 Å². The summed E-state index contributed by atoms with van der Waals surface area (Å²) in [4.78, 5) is 31.7. The van der Waals surface area contributed by atoms with Crippen molar-refractivity contribution in [2.75, 3.05) is 26.2 Å². The molecule has 0 bridgehead atoms. The van der Waals surface area contributed by atoms with Crippen molar-refractivity contribution in [3.63, 3.8) is 0 Å². The third-order valence-corrected chi connectivity index (χ3v) is 5.04. The van der Waals surface area contributed by atoms with Crippen LogP contribution in [0.4, 0.5) is 0 Å². The lowest BCUT2D eigenvalue weighted by molar-refractivity contribution is -1.04. The average Bonchev–Trinajstić information content (AvgIpc) is 3.18. The summed E-state index contributed by atoms with van der Waals surface area (Å²) in [5, 5.41) is 23.9. The average molecular weight is 372 g/mol. The van der Waals surface area contributed by atoms with Gasteiger partial charge in [0.15, 0.2) is 0 Å². The maximum absolute atomic E-state index is 11.9. The Labute approximate surface area is 155 Å². The van der Waals surface area contributed by atoms with Gasteiger partial charge in [-0.05, 0) is 12.8 Å². The normalized spacial score (nSPS) is 20.8. The van der Waals surface area contributed by atoms with Crippen LogP contribution in [0.1, 0.15) is 77.0 Å². The SMILES string of the molecule is O=C(CCCCCCCCC(=O)O[N+]1([O-])CCCC1)O[N+]1([O-])CCCC1. The van der Waals surface area contributed by atoms with Crippen LogP contribution < -0.4 is 0 Å². The molecule has 0 saturated carbocycles. The van der Waals surface area contributed by atoms with Gasteiger partial charge in [0.05, 0.1) is 12.8 Å². The number of rotatable bonds is 11. The van der Waals surface area contributed by atoms with E-state index >= 15 is 0 Å². The van der Waals surface area contributed by atoms with Crippen molar-refractivity contribution < 1.29 is 28.9 Å². The first-order chi connectivity index (χ1) is 12.4. The topological polar surface area (TPSA) is 98.7 Å². The van der Waals surface area contributed by atoms with E-state index in [4.69, 9.17) is 9.68 Å². The van der Waals surface area contributed by atoms with Crippen molar-refractivity contribution in [2.24, 2.45) is 0 Å². The van der Waals surface area contributed by atoms with Crippen molar-refractivity contribution in [2.45, 2.75) is 77.0 Å². The van der Waals surface area contributed by atoms with E-state index in [-0.39, 0.29) is 12.8 Å². The minimum atomic E-state index is -0.807. The number of hydrogen-bond acceptors (Lipinski definition) is 6. The number of nitrogens with zero attached hydrogens (tertiary/aromatic N) is 2. The molecule has 0 unspecified atom stereocenters. The number of hydrogen-bond donors (Lipinski definition) is 0. The van der Waals surface area contributed by atoms with E-state index in [2.05, 4.69) is 0 Å². The highest BCUT2D eigenvalue weighted by atomic mass is 16.9. The van der Waals surface area contributed by atoms with E-state index in [1.54, 1.807) is 0 Å². The molecule has 0 amide bonds. The van der Waals surface area contributed by atoms with Crippen LogP contribution in [0.5, 0.6) is 0 Å². The Morgan fingerprint density at radius 3 is 1.27 bits per heavy atom. The number of unbranched alkanes of at least 4 members (excludes halogenated alkanes) is 5. The lowest BCUT2D eigenvalue weighted by atomic mass is 10.1. The van der Waals surface area contributed by atoms with Crippen LogP contribution in [-0.2, 0) is 19.3 Å². The predicted molar refractivity (Wildman–Crippen MR) is 94.3 cm³/mol. The molecule has 2 heterocycles. The van der Waals surface area contributed by atoms with Crippen LogP contribution in [0, 0.1) is 10.4 Å². The number of quaternary nitrogens is 2. The van der Waals surface area contributed by atoms with Gasteiger partial charge >= 0.3 is 11.9 Å². The highest BCUT2D eigenvalue weighted by Crippen LogP contribution is 2.20. The maximum Gasteiger partial charge on any atom is 0.367 e. The van der Waals surface area contributed by atoms with Gasteiger partial charge < -0.3 is 10.4 Å². The molecule has 0 spiro atoms. The molecule has 2 rings (SSSR count). The second-order valence-corrected chi connectivity index (χ2v) is 7.49. The first-order valence-electron chi connectivity index (χ1n) is 10.0. The number of carbonyl (C=O) groups is 2. The molecule has 8 nitrogen and oxygen atoms in total. The molecule has 0 aromatic heterocycles. The van der Waals surface area contributed by atoms with Crippen LogP contribution in [0.25, 0.3) is 0 Å². The van der Waals surface area contributed by atoms with E-state index in [1.165, 1.54) is 0 Å². The zero-order valence-corrected chi connectivity index (χ0v) is 15.7. The molecule has 2 fully saturated rings. The molecule has 0 aromatic carbocycles. The van der Waals surface area contributed by atoms with Gasteiger partial charge in [0, 0.05) is 25.7 Å². The second kappa shape index (κ2) is 10.2. The second-order valence-electron chi connectivity index (χ2n) is 7.49. The molecule has 150 valence electrons. The molecule has 2 saturated heterocycles. The van der Waals surface area contributed by atoms with Crippen LogP contribution in [0.15, 0.2) is 0 Å². The molecule has 0 aromatic rings. The molecule has 0 atom stereocenters. The fraction of sp³-hybridized carbons (Fsp3) is 0.889. The van der Waals surface area contributed by atoms with Gasteiger partial charge in [-0.25, -0.2) is 9.59 Å². The van der Waals surface area contributed by atoms with Gasteiger partial charge in [-0.15, -0.1) is 0 Å². The summed E-state index contributed by atoms with van der Waals surface area (Å²) in [6.07, 6.45) is 9.04. The fourth-order valence-corrected chi connectivity index (χ4v) is 3.53. The minimum absolute atomic E-state index is 0.290. The van der Waals surface area contributed by atoms with Gasteiger partial charge in [-0.3, -0.25) is 9.68 Å². The molecular formula is C18H32N2O6. The Balaban J connectivity index is 1.41. The number of hydroxylamine groups is 8. The first-order valence-corrected chi connectivity index (χ1v) is 10.0. The van der Waals surface area contributed by atoms with E-state index in [9.17, 15) is 20.0 Å². The smallest absolute Gasteiger partial charge is 0.367 e. The molecule has 26 heavy (non-hydrogen) atoms. The summed E-state index contributed by atoms with van der Waals surface area (Å²) in [7, 11) is 0. The highest BCUT2D eigenvalue weighted by molar-refractivity contribution is 5.68. The summed E-state index contributed by atoms with van der Waals surface area (Å²) in [5.74, 6) is -0.803. The molecule has 0 N–H and O–H groups in total. The summed E-state index contributed by atoms with van der Waals surface area (Å²) in [6.45, 7) is 1.50. The lowest BCUT2D eigenvalue weighted by Gasteiger charge is -2.33. The van der Waals surface area contributed by atoms with E-state index in [0.29, 0.717) is 26.2 Å². The van der Waals surface area contributed by atoms with Crippen LogP contribution in [0.2, 0.25) is 0 Å². The Hall–Kier alpha value is -1.22. The van der Waals surface area contributed by atoms with Crippen LogP contribution in [0.3, 0.4) is 0 Å². The molecule has 0 radical (unpaired) electrons. The Kier molecular flexibility index (Phi) is 8.27. The Morgan fingerprint density at radius 1 is 0.615 bits per heavy atom. The molecule has 8 heteroatoms. The predicted octanol–water partition coefficient (Wildman–Crippen LogP) is 3.24. The quantitative estimate of drug-likeness (QED) is 0.314. The summed E-state index contributed by atoms with van der Waals surface area (Å²) >= 11 is 0. The summed E-state index contributed by atoms with van der Waals surface area (Å²) in [6, 6.07) is 0. The largest absolute Gasteiger partial charge is 0.589 e.